The number of hydrogen-bond donors (Lipinski definition) is 0. The van der Waals surface area contributed by atoms with Gasteiger partial charge in [0.1, 0.15) is 0 Å². The summed E-state index contributed by atoms with van der Waals surface area (Å²) in [5.74, 6) is 0. The van der Waals surface area contributed by atoms with Gasteiger partial charge in [-0.15, -0.1) is 0 Å². The van der Waals surface area contributed by atoms with Crippen molar-refractivity contribution in [2.45, 2.75) is 0 Å². The summed E-state index contributed by atoms with van der Waals surface area (Å²) in [6.45, 7) is 0. The van der Waals surface area contributed by atoms with Crippen LogP contribution in [0.1, 0.15) is 0 Å². The molecule has 0 heterocycles. The topological polar surface area (TPSA) is 0 Å². The van der Waals surface area contributed by atoms with Crippen LogP contribution in [0.25, 0.3) is 66.8 Å². The summed E-state index contributed by atoms with van der Waals surface area (Å²) in [4.78, 5) is 0. The molecule has 49 heavy (non-hydrogen) atoms. The first-order valence-corrected chi connectivity index (χ1v) is 19.0. The molecule has 232 valence electrons. The molecule has 0 aliphatic rings. The van der Waals surface area contributed by atoms with E-state index in [9.17, 15) is 0 Å². The van der Waals surface area contributed by atoms with Crippen LogP contribution in [0, 0.1) is 0 Å². The van der Waals surface area contributed by atoms with Gasteiger partial charge in [0.25, 0.3) is 0 Å². The molecule has 0 aliphatic heterocycles. The zero-order valence-corrected chi connectivity index (χ0v) is 29.4. The van der Waals surface area contributed by atoms with Gasteiger partial charge in [0.2, 0.25) is 0 Å². The molecule has 0 radical (unpaired) electrons. The van der Waals surface area contributed by atoms with Gasteiger partial charge in [0.05, 0.1) is 0 Å². The Morgan fingerprint density at radius 1 is 0.204 bits per heavy atom. The van der Waals surface area contributed by atoms with E-state index in [1.54, 1.807) is 0 Å². The summed E-state index contributed by atoms with van der Waals surface area (Å²) in [5, 5.41) is 0. The fourth-order valence-electron chi connectivity index (χ4n) is 6.50. The van der Waals surface area contributed by atoms with Gasteiger partial charge in [0.15, 0.2) is 0 Å². The molecule has 8 aromatic rings. The van der Waals surface area contributed by atoms with Gasteiger partial charge in [0, 0.05) is 0 Å². The van der Waals surface area contributed by atoms with Crippen LogP contribution in [-0.4, -0.2) is 20.9 Å². The van der Waals surface area contributed by atoms with E-state index in [2.05, 4.69) is 206 Å². The van der Waals surface area contributed by atoms with Crippen LogP contribution < -0.4 is 7.22 Å². The number of benzene rings is 8. The van der Waals surface area contributed by atoms with Crippen LogP contribution in [0.5, 0.6) is 0 Å². The van der Waals surface area contributed by atoms with Crippen LogP contribution in [0.2, 0.25) is 0 Å². The third-order valence-electron chi connectivity index (χ3n) is 8.94. The molecule has 8 aromatic carbocycles. The maximum atomic E-state index is 2.43. The van der Waals surface area contributed by atoms with E-state index in [1.165, 1.54) is 74.0 Å². The van der Waals surface area contributed by atoms with Crippen molar-refractivity contribution in [2.24, 2.45) is 0 Å². The summed E-state index contributed by atoms with van der Waals surface area (Å²) in [7, 11) is 0. The van der Waals surface area contributed by atoms with Crippen LogP contribution >= 0.6 is 0 Å². The van der Waals surface area contributed by atoms with Crippen LogP contribution in [-0.2, 0) is 0 Å². The van der Waals surface area contributed by atoms with Crippen molar-refractivity contribution < 1.29 is 0 Å². The second-order valence-electron chi connectivity index (χ2n) is 12.1. The molecular formula is C48H34Te. The molecule has 0 fully saturated rings. The monoisotopic (exact) mass is 740 g/mol. The summed E-state index contributed by atoms with van der Waals surface area (Å²) in [5.41, 5.74) is 15.2. The van der Waals surface area contributed by atoms with E-state index in [1.807, 2.05) is 0 Å². The Kier molecular flexibility index (Phi) is 9.04. The van der Waals surface area contributed by atoms with Crippen molar-refractivity contribution >= 4 is 28.1 Å². The summed E-state index contributed by atoms with van der Waals surface area (Å²) >= 11 is -0.997. The first-order valence-electron chi connectivity index (χ1n) is 16.7. The Bertz CT molecular complexity index is 2010. The first kappa shape index (κ1) is 30.9. The Balaban J connectivity index is 1.45. The SMILES string of the molecule is c1ccc(-c2cc(-c3ccccc3)c([Te]c3c(-c4ccccc4)cc(-c4ccccc4)cc3-c3ccccc3)c(-c3ccccc3)c2)cc1. The number of hydrogen-bond acceptors (Lipinski definition) is 0. The molecule has 0 saturated heterocycles. The summed E-state index contributed by atoms with van der Waals surface area (Å²) in [6, 6.07) is 75.2. The Morgan fingerprint density at radius 2 is 0.408 bits per heavy atom. The molecular weight excluding hydrogens is 704 g/mol. The van der Waals surface area contributed by atoms with Gasteiger partial charge in [-0.3, -0.25) is 0 Å². The first-order chi connectivity index (χ1) is 24.3. The minimum atomic E-state index is -0.997. The van der Waals surface area contributed by atoms with Crippen LogP contribution in [0.4, 0.5) is 0 Å². The molecule has 0 unspecified atom stereocenters. The minimum absolute atomic E-state index is 0.997. The molecule has 0 nitrogen and oxygen atoms in total. The molecule has 0 spiro atoms. The second-order valence-corrected chi connectivity index (χ2v) is 15.0. The summed E-state index contributed by atoms with van der Waals surface area (Å²) in [6.07, 6.45) is 0. The predicted molar refractivity (Wildman–Crippen MR) is 211 cm³/mol. The fourth-order valence-corrected chi connectivity index (χ4v) is 10.4. The van der Waals surface area contributed by atoms with Crippen molar-refractivity contribution in [1.29, 1.82) is 0 Å². The van der Waals surface area contributed by atoms with Crippen molar-refractivity contribution in [3.63, 3.8) is 0 Å². The van der Waals surface area contributed by atoms with E-state index in [0.717, 1.165) is 0 Å². The molecule has 0 amide bonds. The van der Waals surface area contributed by atoms with E-state index in [4.69, 9.17) is 0 Å². The third-order valence-corrected chi connectivity index (χ3v) is 12.6. The van der Waals surface area contributed by atoms with Gasteiger partial charge in [-0.2, -0.15) is 0 Å². The Labute approximate surface area is 299 Å². The van der Waals surface area contributed by atoms with E-state index in [0.29, 0.717) is 0 Å². The molecule has 0 aliphatic carbocycles. The van der Waals surface area contributed by atoms with Gasteiger partial charge in [-0.1, -0.05) is 0 Å². The van der Waals surface area contributed by atoms with Crippen molar-refractivity contribution in [3.8, 4) is 66.8 Å². The van der Waals surface area contributed by atoms with E-state index in [-0.39, 0.29) is 0 Å². The normalized spacial score (nSPS) is 10.9. The van der Waals surface area contributed by atoms with E-state index >= 15 is 0 Å². The molecule has 0 atom stereocenters. The fraction of sp³-hybridized carbons (Fsp3) is 0. The maximum absolute atomic E-state index is 2.43. The van der Waals surface area contributed by atoms with Crippen molar-refractivity contribution in [1.82, 2.24) is 0 Å². The average molecular weight is 738 g/mol. The summed E-state index contributed by atoms with van der Waals surface area (Å²) < 4.78 is 2.90. The van der Waals surface area contributed by atoms with Crippen molar-refractivity contribution in [2.75, 3.05) is 0 Å². The quantitative estimate of drug-likeness (QED) is 0.136. The molecule has 0 aromatic heterocycles. The molecule has 8 rings (SSSR count). The van der Waals surface area contributed by atoms with Gasteiger partial charge >= 0.3 is 301 Å². The van der Waals surface area contributed by atoms with E-state index < -0.39 is 20.9 Å². The molecule has 0 saturated carbocycles. The van der Waals surface area contributed by atoms with Crippen molar-refractivity contribution in [3.05, 3.63) is 206 Å². The Hall–Kier alpha value is -5.45. The molecule has 0 N–H and O–H groups in total. The van der Waals surface area contributed by atoms with Gasteiger partial charge in [-0.05, 0) is 0 Å². The van der Waals surface area contributed by atoms with Crippen LogP contribution in [0.3, 0.4) is 0 Å². The van der Waals surface area contributed by atoms with Gasteiger partial charge < -0.3 is 0 Å². The standard InChI is InChI=1S/C48H34Te/c1-7-19-35(20-8-1)41-31-43(37-23-11-3-12-24-37)47(44(32-41)38-25-13-4-14-26-38)49-48-45(39-27-15-5-16-28-39)33-42(36-21-9-2-10-22-36)34-46(48)40-29-17-6-18-30-40/h1-34H. The average Bonchev–Trinajstić information content (AvgIpc) is 3.20. The third kappa shape index (κ3) is 6.65. The molecule has 1 heteroatoms. The second kappa shape index (κ2) is 14.3. The number of rotatable bonds is 8. The zero-order chi connectivity index (χ0) is 32.8. The predicted octanol–water partition coefficient (Wildman–Crippen LogP) is 11.3. The van der Waals surface area contributed by atoms with Crippen LogP contribution in [0.15, 0.2) is 206 Å². The van der Waals surface area contributed by atoms with Gasteiger partial charge in [-0.25, -0.2) is 0 Å². The zero-order valence-electron chi connectivity index (χ0n) is 27.0. The molecule has 0 bridgehead atoms. The Morgan fingerprint density at radius 3 is 0.633 bits per heavy atom.